The largest absolute Gasteiger partial charge is 0.494 e. The molecule has 0 aliphatic rings. The van der Waals surface area contributed by atoms with E-state index in [1.807, 2.05) is 32.0 Å². The van der Waals surface area contributed by atoms with E-state index >= 15 is 0 Å². The summed E-state index contributed by atoms with van der Waals surface area (Å²) >= 11 is 0. The molecule has 0 atom stereocenters. The summed E-state index contributed by atoms with van der Waals surface area (Å²) < 4.78 is 8.74. The van der Waals surface area contributed by atoms with Gasteiger partial charge in [0.05, 0.1) is 24.2 Å². The molecule has 10 nitrogen and oxygen atoms in total. The number of fused-ring (bicyclic) bond motifs is 1. The second-order valence-electron chi connectivity index (χ2n) is 9.17. The van der Waals surface area contributed by atoms with Crippen LogP contribution in [-0.4, -0.2) is 42.0 Å². The van der Waals surface area contributed by atoms with E-state index in [1.54, 1.807) is 41.9 Å². The van der Waals surface area contributed by atoms with Crippen LogP contribution >= 0.6 is 0 Å². The highest BCUT2D eigenvalue weighted by atomic mass is 16.5. The van der Waals surface area contributed by atoms with E-state index in [9.17, 15) is 9.59 Å². The molecule has 2 aromatic carbocycles. The number of carbonyl (C=O) groups excluding carboxylic acids is 1. The molecule has 5 aromatic rings. The van der Waals surface area contributed by atoms with Gasteiger partial charge in [0.15, 0.2) is 5.65 Å². The summed E-state index contributed by atoms with van der Waals surface area (Å²) in [5, 5.41) is 12.1. The monoisotopic (exact) mass is 511 g/mol. The molecule has 194 valence electrons. The number of aromatic amines is 1. The maximum Gasteiger partial charge on any atom is 0.263 e. The van der Waals surface area contributed by atoms with Gasteiger partial charge in [-0.1, -0.05) is 25.5 Å². The van der Waals surface area contributed by atoms with Crippen molar-refractivity contribution < 1.29 is 9.53 Å². The first-order chi connectivity index (χ1) is 18.4. The zero-order valence-electron chi connectivity index (χ0n) is 21.8. The van der Waals surface area contributed by atoms with Crippen molar-refractivity contribution in [3.63, 3.8) is 0 Å². The lowest BCUT2D eigenvalue weighted by Crippen LogP contribution is -2.19. The molecule has 2 N–H and O–H groups in total. The lowest BCUT2D eigenvalue weighted by molar-refractivity contribution is 0.102. The van der Waals surface area contributed by atoms with Crippen LogP contribution in [-0.2, 0) is 0 Å². The van der Waals surface area contributed by atoms with Crippen LogP contribution in [0.25, 0.3) is 22.7 Å². The molecule has 3 heterocycles. The highest BCUT2D eigenvalue weighted by molar-refractivity contribution is 6.04. The quantitative estimate of drug-likeness (QED) is 0.293. The Balaban J connectivity index is 1.47. The number of ether oxygens (including phenoxy) is 1. The van der Waals surface area contributed by atoms with Crippen LogP contribution in [0.2, 0.25) is 0 Å². The van der Waals surface area contributed by atoms with Crippen molar-refractivity contribution >= 4 is 22.8 Å². The summed E-state index contributed by atoms with van der Waals surface area (Å²) in [5.74, 6) is 0.926. The van der Waals surface area contributed by atoms with Crippen LogP contribution in [0, 0.1) is 20.8 Å². The van der Waals surface area contributed by atoms with Crippen LogP contribution < -0.4 is 15.6 Å². The Morgan fingerprint density at radius 2 is 1.87 bits per heavy atom. The van der Waals surface area contributed by atoms with Gasteiger partial charge >= 0.3 is 0 Å². The van der Waals surface area contributed by atoms with Crippen LogP contribution in [0.1, 0.15) is 46.9 Å². The molecule has 0 saturated carbocycles. The van der Waals surface area contributed by atoms with Crippen LogP contribution in [0.4, 0.5) is 5.82 Å². The zero-order valence-corrected chi connectivity index (χ0v) is 21.8. The van der Waals surface area contributed by atoms with E-state index in [-0.39, 0.29) is 17.4 Å². The molecule has 0 radical (unpaired) electrons. The summed E-state index contributed by atoms with van der Waals surface area (Å²) in [7, 11) is 0. The molecular formula is C28H29N7O3. The Kier molecular flexibility index (Phi) is 6.78. The number of hydrogen-bond acceptors (Lipinski definition) is 6. The third-order valence-corrected chi connectivity index (χ3v) is 6.39. The number of aromatic nitrogens is 6. The standard InChI is InChI=1S/C28H29N7O3/c1-5-6-14-38-21-12-10-20(11-13-21)26(36)30-24-15-18(3)33-35(24)28-31-25-22(27(37)32-28)16-29-34(25)23-9-7-8-17(2)19(23)4/h7-13,15-16H,5-6,14H2,1-4H3,(H,30,36)(H,31,32,37). The van der Waals surface area contributed by atoms with E-state index < -0.39 is 0 Å². The Morgan fingerprint density at radius 3 is 2.63 bits per heavy atom. The lowest BCUT2D eigenvalue weighted by atomic mass is 10.1. The van der Waals surface area contributed by atoms with Gasteiger partial charge in [0.25, 0.3) is 11.5 Å². The first-order valence-corrected chi connectivity index (χ1v) is 12.5. The number of nitrogens with zero attached hydrogens (tertiary/aromatic N) is 5. The SMILES string of the molecule is CCCCOc1ccc(C(=O)Nc2cc(C)nn2-c2nc3c(cnn3-c3cccc(C)c3C)c(=O)[nH]2)cc1. The zero-order chi connectivity index (χ0) is 26.8. The summed E-state index contributed by atoms with van der Waals surface area (Å²) in [6, 6.07) is 14.6. The molecular weight excluding hydrogens is 482 g/mol. The molecule has 3 aromatic heterocycles. The van der Waals surface area contributed by atoms with Gasteiger partial charge in [0, 0.05) is 11.6 Å². The number of benzene rings is 2. The molecule has 0 fully saturated rings. The van der Waals surface area contributed by atoms with Crippen molar-refractivity contribution in [2.24, 2.45) is 0 Å². The fraction of sp³-hybridized carbons (Fsp3) is 0.250. The molecule has 38 heavy (non-hydrogen) atoms. The van der Waals surface area contributed by atoms with Gasteiger partial charge in [-0.15, -0.1) is 0 Å². The average molecular weight is 512 g/mol. The third-order valence-electron chi connectivity index (χ3n) is 6.39. The highest BCUT2D eigenvalue weighted by Crippen LogP contribution is 2.22. The first-order valence-electron chi connectivity index (χ1n) is 12.5. The van der Waals surface area contributed by atoms with E-state index in [4.69, 9.17) is 9.72 Å². The Labute approximate surface area is 219 Å². The van der Waals surface area contributed by atoms with Crippen LogP contribution in [0.5, 0.6) is 5.75 Å². The Bertz CT molecular complexity index is 1680. The predicted octanol–water partition coefficient (Wildman–Crippen LogP) is 4.65. The van der Waals surface area contributed by atoms with Crippen LogP contribution in [0.15, 0.2) is 59.5 Å². The van der Waals surface area contributed by atoms with E-state index in [1.165, 1.54) is 10.9 Å². The number of rotatable bonds is 8. The van der Waals surface area contributed by atoms with E-state index in [0.29, 0.717) is 40.5 Å². The second-order valence-corrected chi connectivity index (χ2v) is 9.17. The minimum absolute atomic E-state index is 0.164. The maximum atomic E-state index is 13.0. The number of hydrogen-bond donors (Lipinski definition) is 2. The molecule has 1 amide bonds. The fourth-order valence-corrected chi connectivity index (χ4v) is 4.12. The first kappa shape index (κ1) is 24.9. The lowest BCUT2D eigenvalue weighted by Gasteiger charge is -2.11. The number of nitrogens with one attached hydrogen (secondary N) is 2. The number of anilines is 1. The van der Waals surface area contributed by atoms with Gasteiger partial charge in [-0.25, -0.2) is 4.68 Å². The van der Waals surface area contributed by atoms with Crippen molar-refractivity contribution in [2.75, 3.05) is 11.9 Å². The van der Waals surface area contributed by atoms with Crippen molar-refractivity contribution in [1.82, 2.24) is 29.5 Å². The Morgan fingerprint density at radius 1 is 1.08 bits per heavy atom. The summed E-state index contributed by atoms with van der Waals surface area (Å²) in [6.07, 6.45) is 3.52. The number of unbranched alkanes of at least 4 members (excludes halogenated alkanes) is 1. The third kappa shape index (κ3) is 4.80. The minimum atomic E-state index is -0.356. The summed E-state index contributed by atoms with van der Waals surface area (Å²) in [4.78, 5) is 33.5. The Hall–Kier alpha value is -4.73. The number of aryl methyl sites for hydroxylation is 2. The molecule has 0 spiro atoms. The molecule has 10 heteroatoms. The van der Waals surface area contributed by atoms with Crippen molar-refractivity contribution in [1.29, 1.82) is 0 Å². The van der Waals surface area contributed by atoms with Gasteiger partial charge in [-0.05, 0) is 68.7 Å². The molecule has 0 bridgehead atoms. The molecule has 0 saturated heterocycles. The molecule has 5 rings (SSSR count). The summed E-state index contributed by atoms with van der Waals surface area (Å²) in [6.45, 7) is 8.56. The van der Waals surface area contributed by atoms with Gasteiger partial charge in [0.2, 0.25) is 5.95 Å². The smallest absolute Gasteiger partial charge is 0.263 e. The average Bonchev–Trinajstić information content (AvgIpc) is 3.49. The fourth-order valence-electron chi connectivity index (χ4n) is 4.12. The summed E-state index contributed by atoms with van der Waals surface area (Å²) in [5.41, 5.74) is 4.10. The predicted molar refractivity (Wildman–Crippen MR) is 146 cm³/mol. The van der Waals surface area contributed by atoms with Crippen molar-refractivity contribution in [3.05, 3.63) is 87.5 Å². The van der Waals surface area contributed by atoms with Gasteiger partial charge in [-0.3, -0.25) is 14.6 Å². The van der Waals surface area contributed by atoms with Gasteiger partial charge in [0.1, 0.15) is 17.0 Å². The van der Waals surface area contributed by atoms with E-state index in [0.717, 1.165) is 29.7 Å². The molecule has 0 unspecified atom stereocenters. The number of H-pyrrole nitrogens is 1. The minimum Gasteiger partial charge on any atom is -0.494 e. The van der Waals surface area contributed by atoms with Crippen molar-refractivity contribution in [2.45, 2.75) is 40.5 Å². The van der Waals surface area contributed by atoms with Crippen LogP contribution in [0.3, 0.4) is 0 Å². The molecule has 0 aliphatic heterocycles. The topological polar surface area (TPSA) is 120 Å². The van der Waals surface area contributed by atoms with Gasteiger partial charge < -0.3 is 10.1 Å². The van der Waals surface area contributed by atoms with E-state index in [2.05, 4.69) is 27.4 Å². The molecule has 0 aliphatic carbocycles. The second kappa shape index (κ2) is 10.3. The highest BCUT2D eigenvalue weighted by Gasteiger charge is 2.18. The van der Waals surface area contributed by atoms with Crippen molar-refractivity contribution in [3.8, 4) is 17.4 Å². The normalized spacial score (nSPS) is 11.2. The maximum absolute atomic E-state index is 13.0. The van der Waals surface area contributed by atoms with Gasteiger partial charge in [-0.2, -0.15) is 19.9 Å². The number of carbonyl (C=O) groups is 1. The number of amides is 1.